The number of halogens is 1. The fraction of sp³-hybridized carbons (Fsp3) is 0.500. The van der Waals surface area contributed by atoms with E-state index in [-0.39, 0.29) is 11.7 Å². The Morgan fingerprint density at radius 3 is 2.49 bits per heavy atom. The van der Waals surface area contributed by atoms with Crippen molar-refractivity contribution in [2.75, 3.05) is 39.0 Å². The molecule has 1 heterocycles. The first-order valence-corrected chi connectivity index (χ1v) is 13.0. The Balaban J connectivity index is 1.30. The predicted molar refractivity (Wildman–Crippen MR) is 143 cm³/mol. The molecule has 0 saturated carbocycles. The van der Waals surface area contributed by atoms with Crippen molar-refractivity contribution in [3.8, 4) is 5.75 Å². The van der Waals surface area contributed by atoms with Gasteiger partial charge in [0.1, 0.15) is 5.75 Å². The van der Waals surface area contributed by atoms with Gasteiger partial charge in [-0.25, -0.2) is 0 Å². The van der Waals surface area contributed by atoms with Crippen molar-refractivity contribution in [3.63, 3.8) is 0 Å². The van der Waals surface area contributed by atoms with Gasteiger partial charge in [-0.3, -0.25) is 9.59 Å². The Morgan fingerprint density at radius 1 is 1.11 bits per heavy atom. The number of hydrogen-bond acceptors (Lipinski definition) is 5. The summed E-state index contributed by atoms with van der Waals surface area (Å²) in [7, 11) is 1.51. The molecule has 0 unspecified atom stereocenters. The third-order valence-corrected chi connectivity index (χ3v) is 7.21. The van der Waals surface area contributed by atoms with Gasteiger partial charge in [-0.15, -0.1) is 0 Å². The van der Waals surface area contributed by atoms with E-state index in [0.717, 1.165) is 63.7 Å². The fourth-order valence-corrected chi connectivity index (χ4v) is 4.69. The van der Waals surface area contributed by atoms with Crippen molar-refractivity contribution in [2.24, 2.45) is 5.92 Å². The molecule has 1 saturated heterocycles. The number of likely N-dealkylation sites (tertiary alicyclic amines) is 1. The van der Waals surface area contributed by atoms with Gasteiger partial charge in [-0.2, -0.15) is 0 Å². The number of nitrogens with one attached hydrogen (secondary N) is 1. The Hall–Kier alpha value is -2.57. The molecule has 7 heteroatoms. The van der Waals surface area contributed by atoms with E-state index >= 15 is 0 Å². The second kappa shape index (κ2) is 13.5. The number of ketones is 1. The van der Waals surface area contributed by atoms with Crippen molar-refractivity contribution in [1.82, 2.24) is 10.2 Å². The maximum Gasteiger partial charge on any atom is 0.255 e. The first kappa shape index (κ1) is 27.0. The molecule has 190 valence electrons. The van der Waals surface area contributed by atoms with Gasteiger partial charge in [0, 0.05) is 24.6 Å². The molecule has 0 spiro atoms. The zero-order chi connectivity index (χ0) is 25.2. The molecular weight excluding hydrogens is 462 g/mol. The van der Waals surface area contributed by atoms with Gasteiger partial charge in [-0.1, -0.05) is 49.2 Å². The number of piperidine rings is 1. The molecule has 2 aromatic rings. The van der Waals surface area contributed by atoms with Gasteiger partial charge in [-0.05, 0) is 69.3 Å². The summed E-state index contributed by atoms with van der Waals surface area (Å²) in [5, 5.41) is 3.37. The number of nitrogens with zero attached hydrogens (tertiary/aromatic N) is 1. The number of ether oxygens (including phenoxy) is 1. The highest BCUT2D eigenvalue weighted by Crippen LogP contribution is 2.29. The Kier molecular flexibility index (Phi) is 10.4. The van der Waals surface area contributed by atoms with Crippen LogP contribution < -0.4 is 15.8 Å². The molecule has 2 aromatic carbocycles. The lowest BCUT2D eigenvalue weighted by molar-refractivity contribution is 0.0932. The fourth-order valence-electron chi connectivity index (χ4n) is 4.53. The average molecular weight is 500 g/mol. The first-order chi connectivity index (χ1) is 16.9. The summed E-state index contributed by atoms with van der Waals surface area (Å²) in [6.07, 6.45) is 6.86. The third kappa shape index (κ3) is 7.97. The average Bonchev–Trinajstić information content (AvgIpc) is 2.89. The second-order valence-corrected chi connectivity index (χ2v) is 9.76. The highest BCUT2D eigenvalue weighted by atomic mass is 35.5. The van der Waals surface area contributed by atoms with E-state index in [9.17, 15) is 9.59 Å². The lowest BCUT2D eigenvalue weighted by atomic mass is 9.96. The molecule has 35 heavy (non-hydrogen) atoms. The van der Waals surface area contributed by atoms with Crippen LogP contribution in [0.5, 0.6) is 5.75 Å². The van der Waals surface area contributed by atoms with Crippen LogP contribution in [0.4, 0.5) is 5.69 Å². The van der Waals surface area contributed by atoms with E-state index in [0.29, 0.717) is 40.9 Å². The number of unbranched alkanes of at least 4 members (excludes halogenated alkanes) is 2. The van der Waals surface area contributed by atoms with Crippen LogP contribution in [0, 0.1) is 5.92 Å². The van der Waals surface area contributed by atoms with E-state index in [1.165, 1.54) is 12.7 Å². The predicted octanol–water partition coefficient (Wildman–Crippen LogP) is 5.38. The van der Waals surface area contributed by atoms with Crippen LogP contribution in [0.3, 0.4) is 0 Å². The zero-order valence-corrected chi connectivity index (χ0v) is 21.7. The van der Waals surface area contributed by atoms with E-state index in [4.69, 9.17) is 22.1 Å². The number of carbonyl (C=O) groups excluding carboxylic acids is 2. The van der Waals surface area contributed by atoms with Crippen molar-refractivity contribution in [2.45, 2.75) is 51.9 Å². The molecule has 0 aromatic heterocycles. The number of amides is 1. The van der Waals surface area contributed by atoms with E-state index in [1.54, 1.807) is 12.1 Å². The minimum atomic E-state index is -0.193. The molecule has 1 aliphatic heterocycles. The molecule has 3 rings (SSSR count). The maximum absolute atomic E-state index is 12.6. The van der Waals surface area contributed by atoms with Gasteiger partial charge in [0.05, 0.1) is 23.4 Å². The van der Waals surface area contributed by atoms with Crippen molar-refractivity contribution >= 4 is 29.0 Å². The molecule has 1 fully saturated rings. The summed E-state index contributed by atoms with van der Waals surface area (Å²) in [5.74, 6) is 0.939. The van der Waals surface area contributed by atoms with E-state index in [1.807, 2.05) is 24.3 Å². The normalized spacial score (nSPS) is 14.6. The molecule has 1 aliphatic rings. The summed E-state index contributed by atoms with van der Waals surface area (Å²) >= 11 is 6.08. The summed E-state index contributed by atoms with van der Waals surface area (Å²) in [6, 6.07) is 11.1. The Bertz CT molecular complexity index is 986. The largest absolute Gasteiger partial charge is 0.496 e. The number of nitrogens with two attached hydrogens (primary N) is 1. The lowest BCUT2D eigenvalue weighted by Gasteiger charge is -2.32. The number of nitrogen functional groups attached to an aromatic ring is 1. The number of hydrogen-bond donors (Lipinski definition) is 2. The zero-order valence-electron chi connectivity index (χ0n) is 20.9. The van der Waals surface area contributed by atoms with Gasteiger partial charge < -0.3 is 20.7 Å². The molecule has 0 aliphatic carbocycles. The molecule has 0 radical (unpaired) electrons. The number of methoxy groups -OCH3 is 1. The van der Waals surface area contributed by atoms with Gasteiger partial charge in [0.2, 0.25) is 0 Å². The van der Waals surface area contributed by atoms with Crippen molar-refractivity contribution in [1.29, 1.82) is 0 Å². The number of anilines is 1. The summed E-state index contributed by atoms with van der Waals surface area (Å²) < 4.78 is 5.28. The first-order valence-electron chi connectivity index (χ1n) is 12.7. The van der Waals surface area contributed by atoms with Gasteiger partial charge in [0.15, 0.2) is 5.78 Å². The van der Waals surface area contributed by atoms with Crippen LogP contribution in [-0.2, 0) is 6.42 Å². The van der Waals surface area contributed by atoms with Crippen LogP contribution in [-0.4, -0.2) is 49.9 Å². The summed E-state index contributed by atoms with van der Waals surface area (Å²) in [5.41, 5.74) is 8.69. The maximum atomic E-state index is 12.6. The van der Waals surface area contributed by atoms with Crippen LogP contribution in [0.15, 0.2) is 36.4 Å². The number of aryl methyl sites for hydroxylation is 1. The SMILES string of the molecule is CCc1ccc(C(=O)CCCCCN2CCC(CNC(=O)c3cc(Cl)c(N)cc3OC)CC2)cc1. The second-order valence-electron chi connectivity index (χ2n) is 9.35. The quantitative estimate of drug-likeness (QED) is 0.233. The minimum Gasteiger partial charge on any atom is -0.496 e. The molecule has 6 nitrogen and oxygen atoms in total. The molecule has 3 N–H and O–H groups in total. The smallest absolute Gasteiger partial charge is 0.255 e. The monoisotopic (exact) mass is 499 g/mol. The van der Waals surface area contributed by atoms with Crippen LogP contribution in [0.1, 0.15) is 71.7 Å². The Morgan fingerprint density at radius 2 is 1.83 bits per heavy atom. The van der Waals surface area contributed by atoms with E-state index in [2.05, 4.69) is 17.1 Å². The number of Topliss-reactive ketones (excluding diaryl/α,β-unsaturated/α-hetero) is 1. The topological polar surface area (TPSA) is 84.7 Å². The summed E-state index contributed by atoms with van der Waals surface area (Å²) in [6.45, 7) is 5.91. The third-order valence-electron chi connectivity index (χ3n) is 6.88. The minimum absolute atomic E-state index is 0.193. The van der Waals surface area contributed by atoms with Crippen LogP contribution in [0.2, 0.25) is 5.02 Å². The number of rotatable bonds is 12. The standard InChI is InChI=1S/C28H38ClN3O3/c1-3-20-8-10-22(11-9-20)26(33)7-5-4-6-14-32-15-12-21(13-16-32)19-31-28(34)23-17-24(29)25(30)18-27(23)35-2/h8-11,17-18,21H,3-7,12-16,19,30H2,1-2H3,(H,31,34). The number of benzene rings is 2. The number of carbonyl (C=O) groups is 2. The summed E-state index contributed by atoms with van der Waals surface area (Å²) in [4.78, 5) is 27.5. The highest BCUT2D eigenvalue weighted by Gasteiger charge is 2.21. The van der Waals surface area contributed by atoms with Gasteiger partial charge in [0.25, 0.3) is 5.91 Å². The highest BCUT2D eigenvalue weighted by molar-refractivity contribution is 6.33. The van der Waals surface area contributed by atoms with E-state index < -0.39 is 0 Å². The molecule has 0 bridgehead atoms. The van der Waals surface area contributed by atoms with Crippen LogP contribution in [0.25, 0.3) is 0 Å². The Labute approximate surface area is 214 Å². The molecule has 0 atom stereocenters. The van der Waals surface area contributed by atoms with Gasteiger partial charge >= 0.3 is 0 Å². The van der Waals surface area contributed by atoms with Crippen molar-refractivity contribution in [3.05, 3.63) is 58.1 Å². The van der Waals surface area contributed by atoms with Crippen molar-refractivity contribution < 1.29 is 14.3 Å². The molecular formula is C28H38ClN3O3. The van der Waals surface area contributed by atoms with Crippen LogP contribution >= 0.6 is 11.6 Å². The molecule has 1 amide bonds. The lowest BCUT2D eigenvalue weighted by Crippen LogP contribution is -2.39.